The summed E-state index contributed by atoms with van der Waals surface area (Å²) >= 11 is 0. The van der Waals surface area contributed by atoms with Gasteiger partial charge in [-0.2, -0.15) is 0 Å². The van der Waals surface area contributed by atoms with Crippen LogP contribution in [0.3, 0.4) is 0 Å². The molecule has 1 aliphatic rings. The molecule has 0 radical (unpaired) electrons. The zero-order valence-corrected chi connectivity index (χ0v) is 20.1. The van der Waals surface area contributed by atoms with E-state index in [4.69, 9.17) is 9.72 Å². The predicted octanol–water partition coefficient (Wildman–Crippen LogP) is 3.32. The third-order valence-electron chi connectivity index (χ3n) is 5.67. The van der Waals surface area contributed by atoms with Crippen LogP contribution in [0, 0.1) is 6.92 Å². The molecule has 1 aliphatic heterocycles. The molecule has 2 aromatic rings. The second-order valence-electron chi connectivity index (χ2n) is 9.44. The molecule has 3 heterocycles. The molecule has 0 spiro atoms. The first-order valence-electron chi connectivity index (χ1n) is 11.9. The lowest BCUT2D eigenvalue weighted by Gasteiger charge is -2.29. The number of hydrogen-bond donors (Lipinski definition) is 2. The van der Waals surface area contributed by atoms with Crippen LogP contribution in [0.4, 0.5) is 5.82 Å². The first-order valence-corrected chi connectivity index (χ1v) is 11.9. The van der Waals surface area contributed by atoms with Crippen LogP contribution in [0.25, 0.3) is 0 Å². The van der Waals surface area contributed by atoms with Gasteiger partial charge in [0.05, 0.1) is 17.5 Å². The number of carbonyl (C=O) groups excluding carboxylic acids is 1. The lowest BCUT2D eigenvalue weighted by atomic mass is 10.1. The fraction of sp³-hybridized carbons (Fsp3) is 0.600. The zero-order valence-electron chi connectivity index (χ0n) is 20.1. The van der Waals surface area contributed by atoms with Gasteiger partial charge >= 0.3 is 5.97 Å². The molecule has 8 heteroatoms. The lowest BCUT2D eigenvalue weighted by Crippen LogP contribution is -2.39. The van der Waals surface area contributed by atoms with E-state index in [1.54, 1.807) is 6.92 Å². The molecular weight excluding hydrogens is 418 g/mol. The fourth-order valence-electron chi connectivity index (χ4n) is 4.07. The summed E-state index contributed by atoms with van der Waals surface area (Å²) in [7, 11) is 0. The highest BCUT2D eigenvalue weighted by molar-refractivity contribution is 5.72. The number of aromatic nitrogens is 3. The number of hydrogen-bond acceptors (Lipinski definition) is 8. The first-order chi connectivity index (χ1) is 15.8. The molecule has 0 saturated heterocycles. The summed E-state index contributed by atoms with van der Waals surface area (Å²) in [5, 5.41) is 13.7. The molecule has 0 amide bonds. The number of anilines is 1. The molecule has 0 atom stereocenters. The van der Waals surface area contributed by atoms with E-state index in [0.717, 1.165) is 56.8 Å². The van der Waals surface area contributed by atoms with E-state index >= 15 is 0 Å². The van der Waals surface area contributed by atoms with Crippen molar-refractivity contribution in [2.24, 2.45) is 0 Å². The average Bonchev–Trinajstić information content (AvgIpc) is 2.77. The van der Waals surface area contributed by atoms with Crippen LogP contribution in [0.2, 0.25) is 0 Å². The Hall–Kier alpha value is -2.58. The maximum Gasteiger partial charge on any atom is 0.311 e. The Kier molecular flexibility index (Phi) is 9.14. The third-order valence-corrected chi connectivity index (χ3v) is 5.67. The van der Waals surface area contributed by atoms with Crippen molar-refractivity contribution in [1.29, 1.82) is 0 Å². The van der Waals surface area contributed by atoms with Crippen molar-refractivity contribution in [2.75, 3.05) is 31.5 Å². The van der Waals surface area contributed by atoms with Gasteiger partial charge in [-0.1, -0.05) is 6.07 Å². The van der Waals surface area contributed by atoms with Crippen molar-refractivity contribution < 1.29 is 14.6 Å². The summed E-state index contributed by atoms with van der Waals surface area (Å²) in [6.45, 7) is 8.58. The minimum Gasteiger partial charge on any atom is -0.423 e. The summed E-state index contributed by atoms with van der Waals surface area (Å²) in [6.07, 6.45) is 9.17. The lowest BCUT2D eigenvalue weighted by molar-refractivity contribution is -0.134. The summed E-state index contributed by atoms with van der Waals surface area (Å²) in [5.74, 6) is 1.16. The maximum absolute atomic E-state index is 12.2. The Bertz CT molecular complexity index is 913. The normalized spacial score (nSPS) is 13.5. The van der Waals surface area contributed by atoms with Gasteiger partial charge in [-0.25, -0.2) is 15.0 Å². The number of pyridine rings is 1. The number of aryl methyl sites for hydroxylation is 3. The molecule has 0 fully saturated rings. The molecule has 180 valence electrons. The summed E-state index contributed by atoms with van der Waals surface area (Å²) in [4.78, 5) is 27.1. The van der Waals surface area contributed by atoms with Gasteiger partial charge in [0.2, 0.25) is 0 Å². The van der Waals surface area contributed by atoms with Crippen molar-refractivity contribution in [1.82, 2.24) is 19.9 Å². The summed E-state index contributed by atoms with van der Waals surface area (Å²) in [6, 6.07) is 4.35. The number of unbranched alkanes of at least 4 members (excludes halogenated alkanes) is 1. The van der Waals surface area contributed by atoms with E-state index in [1.165, 1.54) is 24.5 Å². The number of aliphatic hydroxyl groups is 1. The summed E-state index contributed by atoms with van der Waals surface area (Å²) < 4.78 is 5.37. The van der Waals surface area contributed by atoms with Crippen LogP contribution in [-0.4, -0.2) is 62.7 Å². The van der Waals surface area contributed by atoms with Gasteiger partial charge in [0.1, 0.15) is 12.1 Å². The monoisotopic (exact) mass is 455 g/mol. The van der Waals surface area contributed by atoms with Crippen LogP contribution in [0.1, 0.15) is 62.9 Å². The number of ether oxygens (including phenoxy) is 1. The highest BCUT2D eigenvalue weighted by atomic mass is 16.5. The Morgan fingerprint density at radius 1 is 1.24 bits per heavy atom. The van der Waals surface area contributed by atoms with Gasteiger partial charge in [0, 0.05) is 25.2 Å². The number of nitrogens with zero attached hydrogens (tertiary/aromatic N) is 4. The molecule has 2 aromatic heterocycles. The number of esters is 1. The van der Waals surface area contributed by atoms with Crippen LogP contribution in [0.5, 0.6) is 5.75 Å². The van der Waals surface area contributed by atoms with Crippen molar-refractivity contribution in [3.8, 4) is 5.75 Å². The quantitative estimate of drug-likeness (QED) is 0.371. The molecule has 0 bridgehead atoms. The molecule has 0 aliphatic carbocycles. The highest BCUT2D eigenvalue weighted by Crippen LogP contribution is 2.20. The molecule has 2 N–H and O–H groups in total. The van der Waals surface area contributed by atoms with E-state index in [0.29, 0.717) is 30.8 Å². The number of nitrogens with one attached hydrogen (secondary N) is 1. The SMILES string of the molecule is Cc1ncncc1OC(=O)CCCN(CCCCc1ccc2c(n1)NCCC2)CC(C)(C)O. The van der Waals surface area contributed by atoms with E-state index in [-0.39, 0.29) is 5.97 Å². The Morgan fingerprint density at radius 3 is 2.85 bits per heavy atom. The van der Waals surface area contributed by atoms with Crippen molar-refractivity contribution >= 4 is 11.8 Å². The number of fused-ring (bicyclic) bond motifs is 1. The topological polar surface area (TPSA) is 100 Å². The largest absolute Gasteiger partial charge is 0.423 e. The van der Waals surface area contributed by atoms with E-state index in [9.17, 15) is 9.90 Å². The van der Waals surface area contributed by atoms with Gasteiger partial charge in [0.25, 0.3) is 0 Å². The molecular formula is C25H37N5O3. The molecule has 0 saturated carbocycles. The van der Waals surface area contributed by atoms with E-state index in [2.05, 4.69) is 32.3 Å². The van der Waals surface area contributed by atoms with Gasteiger partial charge in [0.15, 0.2) is 5.75 Å². The minimum atomic E-state index is -0.787. The van der Waals surface area contributed by atoms with Crippen molar-refractivity contribution in [3.05, 3.63) is 41.6 Å². The predicted molar refractivity (Wildman–Crippen MR) is 128 cm³/mol. The highest BCUT2D eigenvalue weighted by Gasteiger charge is 2.19. The molecule has 0 aromatic carbocycles. The Labute approximate surface area is 196 Å². The van der Waals surface area contributed by atoms with Gasteiger partial charge in [-0.3, -0.25) is 4.79 Å². The molecule has 0 unspecified atom stereocenters. The Balaban J connectivity index is 1.41. The number of rotatable bonds is 12. The molecule has 8 nitrogen and oxygen atoms in total. The second-order valence-corrected chi connectivity index (χ2v) is 9.44. The third kappa shape index (κ3) is 8.70. The van der Waals surface area contributed by atoms with E-state index < -0.39 is 5.60 Å². The molecule has 33 heavy (non-hydrogen) atoms. The van der Waals surface area contributed by atoms with Gasteiger partial charge in [-0.15, -0.1) is 0 Å². The first kappa shape index (κ1) is 25.1. The minimum absolute atomic E-state index is 0.289. The fourth-order valence-corrected chi connectivity index (χ4v) is 4.07. The van der Waals surface area contributed by atoms with Crippen molar-refractivity contribution in [3.63, 3.8) is 0 Å². The second kappa shape index (κ2) is 12.0. The summed E-state index contributed by atoms with van der Waals surface area (Å²) in [5.41, 5.74) is 2.30. The average molecular weight is 456 g/mol. The number of carbonyl (C=O) groups is 1. The van der Waals surface area contributed by atoms with Crippen LogP contribution in [-0.2, 0) is 17.6 Å². The van der Waals surface area contributed by atoms with Crippen LogP contribution < -0.4 is 10.1 Å². The standard InChI is InChI=1S/C25H37N5O3/c1-19-22(16-26-18-28-19)33-23(31)10-7-15-30(17-25(2,3)32)14-5-4-9-21-12-11-20-8-6-13-27-24(20)29-21/h11-12,16,18,32H,4-10,13-15,17H2,1-3H3,(H,27,29). The van der Waals surface area contributed by atoms with E-state index in [1.807, 2.05) is 13.8 Å². The zero-order chi connectivity index (χ0) is 23.7. The maximum atomic E-state index is 12.2. The van der Waals surface area contributed by atoms with Gasteiger partial charge < -0.3 is 20.1 Å². The van der Waals surface area contributed by atoms with Crippen LogP contribution in [0.15, 0.2) is 24.7 Å². The van der Waals surface area contributed by atoms with Gasteiger partial charge in [-0.05, 0) is 84.0 Å². The van der Waals surface area contributed by atoms with Crippen LogP contribution >= 0.6 is 0 Å². The van der Waals surface area contributed by atoms with Crippen molar-refractivity contribution in [2.45, 2.75) is 71.3 Å². The molecule has 3 rings (SSSR count). The smallest absolute Gasteiger partial charge is 0.311 e. The Morgan fingerprint density at radius 2 is 2.06 bits per heavy atom.